The molecule has 1 heterocycles. The number of hydrogen-bond donors (Lipinski definition) is 1. The van der Waals surface area contributed by atoms with Gasteiger partial charge in [0.1, 0.15) is 11.3 Å². The van der Waals surface area contributed by atoms with Crippen LogP contribution >= 0.6 is 0 Å². The second-order valence-corrected chi connectivity index (χ2v) is 4.82. The smallest absolute Gasteiger partial charge is 0.134 e. The number of fused-ring (bicyclic) bond motifs is 1. The lowest BCUT2D eigenvalue weighted by molar-refractivity contribution is 0.491. The number of furan rings is 1. The molecular weight excluding hydrogens is 234 g/mol. The zero-order valence-electron chi connectivity index (χ0n) is 11.2. The van der Waals surface area contributed by atoms with Crippen LogP contribution in [-0.2, 0) is 0 Å². The zero-order chi connectivity index (χ0) is 13.2. The molecule has 0 radical (unpaired) electrons. The molecule has 0 amide bonds. The number of benzene rings is 2. The Morgan fingerprint density at radius 3 is 2.58 bits per heavy atom. The summed E-state index contributed by atoms with van der Waals surface area (Å²) in [6.07, 6.45) is 0. The molecule has 2 heteroatoms. The number of para-hydroxylation sites is 1. The molecule has 0 aliphatic heterocycles. The highest BCUT2D eigenvalue weighted by atomic mass is 16.3. The van der Waals surface area contributed by atoms with Crippen LogP contribution < -0.4 is 5.32 Å². The van der Waals surface area contributed by atoms with Crippen molar-refractivity contribution >= 4 is 11.0 Å². The van der Waals surface area contributed by atoms with Gasteiger partial charge in [0.05, 0.1) is 6.04 Å². The van der Waals surface area contributed by atoms with E-state index in [1.54, 1.807) is 0 Å². The highest BCUT2D eigenvalue weighted by molar-refractivity contribution is 5.77. The first kappa shape index (κ1) is 12.0. The van der Waals surface area contributed by atoms with E-state index in [0.29, 0.717) is 0 Å². The topological polar surface area (TPSA) is 25.2 Å². The minimum atomic E-state index is 0.0901. The van der Waals surface area contributed by atoms with Gasteiger partial charge in [-0.25, -0.2) is 0 Å². The maximum absolute atomic E-state index is 5.95. The molecule has 2 aromatic carbocycles. The van der Waals surface area contributed by atoms with Gasteiger partial charge in [0, 0.05) is 5.39 Å². The van der Waals surface area contributed by atoms with Crippen molar-refractivity contribution in [2.45, 2.75) is 13.0 Å². The molecule has 0 aliphatic rings. The van der Waals surface area contributed by atoms with Gasteiger partial charge >= 0.3 is 0 Å². The van der Waals surface area contributed by atoms with Crippen molar-refractivity contribution in [3.63, 3.8) is 0 Å². The van der Waals surface area contributed by atoms with Crippen molar-refractivity contribution in [3.05, 3.63) is 71.5 Å². The maximum atomic E-state index is 5.95. The molecule has 1 unspecified atom stereocenters. The van der Waals surface area contributed by atoms with Crippen molar-refractivity contribution in [3.8, 4) is 0 Å². The Morgan fingerprint density at radius 1 is 1.00 bits per heavy atom. The molecule has 1 N–H and O–H groups in total. The van der Waals surface area contributed by atoms with Crippen LogP contribution in [-0.4, -0.2) is 7.05 Å². The van der Waals surface area contributed by atoms with Gasteiger partial charge in [0.2, 0.25) is 0 Å². The second-order valence-electron chi connectivity index (χ2n) is 4.82. The number of aryl methyl sites for hydroxylation is 1. The molecule has 0 saturated heterocycles. The van der Waals surface area contributed by atoms with Gasteiger partial charge in [-0.3, -0.25) is 0 Å². The highest BCUT2D eigenvalue weighted by Crippen LogP contribution is 2.28. The summed E-state index contributed by atoms with van der Waals surface area (Å²) < 4.78 is 5.95. The van der Waals surface area contributed by atoms with Crippen molar-refractivity contribution in [2.24, 2.45) is 0 Å². The minimum Gasteiger partial charge on any atom is -0.459 e. The lowest BCUT2D eigenvalue weighted by Crippen LogP contribution is -2.16. The summed E-state index contributed by atoms with van der Waals surface area (Å²) in [6, 6.07) is 18.8. The van der Waals surface area contributed by atoms with Crippen molar-refractivity contribution < 1.29 is 4.42 Å². The highest BCUT2D eigenvalue weighted by Gasteiger charge is 2.16. The quantitative estimate of drug-likeness (QED) is 0.759. The van der Waals surface area contributed by atoms with Gasteiger partial charge < -0.3 is 9.73 Å². The molecule has 96 valence electrons. The van der Waals surface area contributed by atoms with E-state index in [0.717, 1.165) is 16.7 Å². The molecule has 0 fully saturated rings. The summed E-state index contributed by atoms with van der Waals surface area (Å²) in [6.45, 7) is 2.11. The molecule has 19 heavy (non-hydrogen) atoms. The Labute approximate surface area is 113 Å². The van der Waals surface area contributed by atoms with E-state index in [1.165, 1.54) is 11.1 Å². The van der Waals surface area contributed by atoms with Gasteiger partial charge in [0.25, 0.3) is 0 Å². The predicted octanol–water partition coefficient (Wildman–Crippen LogP) is 4.05. The van der Waals surface area contributed by atoms with Crippen molar-refractivity contribution in [2.75, 3.05) is 7.05 Å². The van der Waals surface area contributed by atoms with E-state index in [9.17, 15) is 0 Å². The molecule has 3 rings (SSSR count). The number of hydrogen-bond acceptors (Lipinski definition) is 2. The monoisotopic (exact) mass is 251 g/mol. The van der Waals surface area contributed by atoms with E-state index in [-0.39, 0.29) is 6.04 Å². The third kappa shape index (κ3) is 2.27. The first-order valence-electron chi connectivity index (χ1n) is 6.50. The maximum Gasteiger partial charge on any atom is 0.134 e. The lowest BCUT2D eigenvalue weighted by Gasteiger charge is -2.14. The average molecular weight is 251 g/mol. The fourth-order valence-corrected chi connectivity index (χ4v) is 2.47. The zero-order valence-corrected chi connectivity index (χ0v) is 11.2. The average Bonchev–Trinajstić information content (AvgIpc) is 2.83. The van der Waals surface area contributed by atoms with E-state index < -0.39 is 0 Å². The second kappa shape index (κ2) is 4.90. The Morgan fingerprint density at radius 2 is 1.84 bits per heavy atom. The Balaban J connectivity index is 2.06. The summed E-state index contributed by atoms with van der Waals surface area (Å²) in [5.74, 6) is 0.953. The SMILES string of the molecule is CNC(c1cccc(C)c1)c1cc2ccccc2o1. The lowest BCUT2D eigenvalue weighted by atomic mass is 10.0. The Kier molecular flexibility index (Phi) is 3.10. The molecule has 1 aromatic heterocycles. The van der Waals surface area contributed by atoms with E-state index in [4.69, 9.17) is 4.42 Å². The van der Waals surface area contributed by atoms with Gasteiger partial charge in [-0.1, -0.05) is 48.0 Å². The standard InChI is InChI=1S/C17H17NO/c1-12-6-5-8-14(10-12)17(18-2)16-11-13-7-3-4-9-15(13)19-16/h3-11,17-18H,1-2H3. The predicted molar refractivity (Wildman–Crippen MR) is 78.3 cm³/mol. The van der Waals surface area contributed by atoms with Crippen LogP contribution in [0.3, 0.4) is 0 Å². The third-order valence-corrected chi connectivity index (χ3v) is 3.39. The number of rotatable bonds is 3. The van der Waals surface area contributed by atoms with Crippen LogP contribution in [0.5, 0.6) is 0 Å². The van der Waals surface area contributed by atoms with Gasteiger partial charge in [0.15, 0.2) is 0 Å². The van der Waals surface area contributed by atoms with Gasteiger partial charge in [-0.05, 0) is 31.7 Å². The first-order valence-corrected chi connectivity index (χ1v) is 6.50. The number of nitrogens with one attached hydrogen (secondary N) is 1. The van der Waals surface area contributed by atoms with Crippen molar-refractivity contribution in [1.82, 2.24) is 5.32 Å². The van der Waals surface area contributed by atoms with Gasteiger partial charge in [-0.15, -0.1) is 0 Å². The molecule has 0 aliphatic carbocycles. The fraction of sp³-hybridized carbons (Fsp3) is 0.176. The van der Waals surface area contributed by atoms with Crippen molar-refractivity contribution in [1.29, 1.82) is 0 Å². The molecule has 1 atom stereocenters. The fourth-order valence-electron chi connectivity index (χ4n) is 2.47. The van der Waals surface area contributed by atoms with Crippen LogP contribution in [0.15, 0.2) is 59.0 Å². The summed E-state index contributed by atoms with van der Waals surface area (Å²) in [5.41, 5.74) is 3.42. The minimum absolute atomic E-state index is 0.0901. The normalized spacial score (nSPS) is 12.7. The van der Waals surface area contributed by atoms with E-state index in [1.807, 2.05) is 25.2 Å². The van der Waals surface area contributed by atoms with Crippen LogP contribution in [0.1, 0.15) is 22.9 Å². The Bertz CT molecular complexity index is 666. The third-order valence-electron chi connectivity index (χ3n) is 3.39. The first-order chi connectivity index (χ1) is 9.28. The summed E-state index contributed by atoms with van der Waals surface area (Å²) in [4.78, 5) is 0. The molecule has 0 bridgehead atoms. The van der Waals surface area contributed by atoms with Crippen LogP contribution in [0.2, 0.25) is 0 Å². The molecule has 0 spiro atoms. The summed E-state index contributed by atoms with van der Waals surface area (Å²) in [5, 5.41) is 4.47. The van der Waals surface area contributed by atoms with E-state index >= 15 is 0 Å². The summed E-state index contributed by atoms with van der Waals surface area (Å²) in [7, 11) is 1.96. The van der Waals surface area contributed by atoms with Crippen LogP contribution in [0.4, 0.5) is 0 Å². The van der Waals surface area contributed by atoms with E-state index in [2.05, 4.69) is 48.6 Å². The van der Waals surface area contributed by atoms with Gasteiger partial charge in [-0.2, -0.15) is 0 Å². The largest absolute Gasteiger partial charge is 0.459 e. The molecule has 0 saturated carbocycles. The Hall–Kier alpha value is -2.06. The molecule has 3 aromatic rings. The van der Waals surface area contributed by atoms with Crippen LogP contribution in [0.25, 0.3) is 11.0 Å². The molecule has 2 nitrogen and oxygen atoms in total. The molecular formula is C17H17NO. The van der Waals surface area contributed by atoms with Crippen LogP contribution in [0, 0.1) is 6.92 Å². The summed E-state index contributed by atoms with van der Waals surface area (Å²) >= 11 is 0.